The van der Waals surface area contributed by atoms with Crippen LogP contribution in [0, 0.1) is 5.41 Å². The molecular weight excluding hydrogens is 564 g/mol. The van der Waals surface area contributed by atoms with Crippen LogP contribution in [-0.4, -0.2) is 67.5 Å². The van der Waals surface area contributed by atoms with Gasteiger partial charge in [-0.2, -0.15) is 0 Å². The third-order valence-electron chi connectivity index (χ3n) is 8.57. The van der Waals surface area contributed by atoms with Crippen molar-refractivity contribution in [3.05, 3.63) is 114 Å². The fourth-order valence-corrected chi connectivity index (χ4v) is 6.23. The van der Waals surface area contributed by atoms with Gasteiger partial charge in [-0.25, -0.2) is 0 Å². The van der Waals surface area contributed by atoms with Crippen LogP contribution in [0.5, 0.6) is 5.75 Å². The van der Waals surface area contributed by atoms with E-state index in [1.807, 2.05) is 78.6 Å². The van der Waals surface area contributed by atoms with E-state index in [0.717, 1.165) is 21.9 Å². The number of guanidine groups is 1. The van der Waals surface area contributed by atoms with Crippen molar-refractivity contribution in [2.24, 2.45) is 5.73 Å². The van der Waals surface area contributed by atoms with E-state index in [2.05, 4.69) is 40.2 Å². The zero-order valence-corrected chi connectivity index (χ0v) is 25.8. The number of fused-ring (bicyclic) bond motifs is 1. The normalized spacial score (nSPS) is 17.5. The lowest BCUT2D eigenvalue weighted by atomic mass is 9.90. The Hall–Kier alpha value is -4.89. The van der Waals surface area contributed by atoms with Gasteiger partial charge in [0, 0.05) is 37.0 Å². The SMILES string of the molecule is CCC(NC(=N)N)[C@@H]1N[C@H](CNC(=O)c2ccc3ccccc3c2OC)CCN(CC(c2ccccc2)c2ccccc2)C1=O. The van der Waals surface area contributed by atoms with Crippen LogP contribution in [0.25, 0.3) is 10.8 Å². The summed E-state index contributed by atoms with van der Waals surface area (Å²) < 4.78 is 5.66. The zero-order valence-electron chi connectivity index (χ0n) is 25.8. The molecule has 9 heteroatoms. The summed E-state index contributed by atoms with van der Waals surface area (Å²) in [5, 5.41) is 19.3. The van der Waals surface area contributed by atoms with Gasteiger partial charge in [-0.05, 0) is 35.4 Å². The lowest BCUT2D eigenvalue weighted by molar-refractivity contribution is -0.133. The first kappa shape index (κ1) is 31.5. The molecule has 1 fully saturated rings. The highest BCUT2D eigenvalue weighted by atomic mass is 16.5. The molecule has 1 heterocycles. The second-order valence-electron chi connectivity index (χ2n) is 11.4. The lowest BCUT2D eigenvalue weighted by Crippen LogP contribution is -2.60. The molecule has 1 aliphatic rings. The number of carbonyl (C=O) groups is 2. The van der Waals surface area contributed by atoms with Crippen LogP contribution in [-0.2, 0) is 4.79 Å². The van der Waals surface area contributed by atoms with Crippen molar-refractivity contribution in [2.45, 2.75) is 43.8 Å². The Morgan fingerprint density at radius 1 is 1.00 bits per heavy atom. The molecule has 0 aliphatic carbocycles. The highest BCUT2D eigenvalue weighted by Crippen LogP contribution is 2.30. The first-order valence-electron chi connectivity index (χ1n) is 15.5. The number of hydrogen-bond donors (Lipinski definition) is 5. The fourth-order valence-electron chi connectivity index (χ4n) is 6.23. The van der Waals surface area contributed by atoms with Crippen LogP contribution in [0.15, 0.2) is 97.1 Å². The largest absolute Gasteiger partial charge is 0.495 e. The molecule has 4 aromatic carbocycles. The number of ether oxygens (including phenoxy) is 1. The van der Waals surface area contributed by atoms with Gasteiger partial charge >= 0.3 is 0 Å². The van der Waals surface area contributed by atoms with Crippen LogP contribution in [0.4, 0.5) is 0 Å². The van der Waals surface area contributed by atoms with Gasteiger partial charge in [0.25, 0.3) is 5.91 Å². The number of nitrogens with zero attached hydrogens (tertiary/aromatic N) is 1. The van der Waals surface area contributed by atoms with E-state index in [1.165, 1.54) is 0 Å². The van der Waals surface area contributed by atoms with Crippen LogP contribution in [0.3, 0.4) is 0 Å². The highest BCUT2D eigenvalue weighted by Gasteiger charge is 2.37. The molecule has 1 unspecified atom stereocenters. The van der Waals surface area contributed by atoms with Crippen LogP contribution >= 0.6 is 0 Å². The molecule has 0 radical (unpaired) electrons. The van der Waals surface area contributed by atoms with Gasteiger partial charge in [-0.3, -0.25) is 20.3 Å². The average molecular weight is 607 g/mol. The van der Waals surface area contributed by atoms with Crippen LogP contribution in [0.1, 0.15) is 47.2 Å². The molecule has 4 aromatic rings. The molecule has 1 aliphatic heterocycles. The minimum absolute atomic E-state index is 0.0190. The van der Waals surface area contributed by atoms with Gasteiger partial charge < -0.3 is 26.0 Å². The molecule has 45 heavy (non-hydrogen) atoms. The second kappa shape index (κ2) is 14.7. The third kappa shape index (κ3) is 7.44. The summed E-state index contributed by atoms with van der Waals surface area (Å²) in [5.74, 6) is 0.0210. The minimum Gasteiger partial charge on any atom is -0.495 e. The smallest absolute Gasteiger partial charge is 0.255 e. The van der Waals surface area contributed by atoms with E-state index in [9.17, 15) is 9.59 Å². The summed E-state index contributed by atoms with van der Waals surface area (Å²) in [5.41, 5.74) is 8.46. The van der Waals surface area contributed by atoms with Crippen LogP contribution < -0.4 is 26.4 Å². The van der Waals surface area contributed by atoms with Crippen molar-refractivity contribution < 1.29 is 14.3 Å². The van der Waals surface area contributed by atoms with Crippen molar-refractivity contribution in [3.8, 4) is 5.75 Å². The Morgan fingerprint density at radius 2 is 1.64 bits per heavy atom. The number of methoxy groups -OCH3 is 1. The molecule has 9 nitrogen and oxygen atoms in total. The Morgan fingerprint density at radius 3 is 2.27 bits per heavy atom. The number of rotatable bonds is 11. The van der Waals surface area contributed by atoms with E-state index in [-0.39, 0.29) is 29.7 Å². The van der Waals surface area contributed by atoms with Gasteiger partial charge in [0.05, 0.1) is 18.7 Å². The number of nitrogens with two attached hydrogens (primary N) is 1. The van der Waals surface area contributed by atoms with Crippen molar-refractivity contribution in [1.82, 2.24) is 20.9 Å². The Kier molecular flexibility index (Phi) is 10.3. The maximum absolute atomic E-state index is 14.2. The first-order valence-corrected chi connectivity index (χ1v) is 15.5. The third-order valence-corrected chi connectivity index (χ3v) is 8.57. The average Bonchev–Trinajstić information content (AvgIpc) is 3.23. The first-order chi connectivity index (χ1) is 21.9. The maximum Gasteiger partial charge on any atom is 0.255 e. The van der Waals surface area contributed by atoms with Gasteiger partial charge in [-0.15, -0.1) is 0 Å². The van der Waals surface area contributed by atoms with Crippen molar-refractivity contribution in [3.63, 3.8) is 0 Å². The molecule has 6 N–H and O–H groups in total. The molecule has 234 valence electrons. The molecule has 5 rings (SSSR count). The fraction of sp³-hybridized carbons (Fsp3) is 0.306. The number of hydrogen-bond acceptors (Lipinski definition) is 5. The Balaban J connectivity index is 1.38. The monoisotopic (exact) mass is 606 g/mol. The molecule has 0 saturated carbocycles. The van der Waals surface area contributed by atoms with Crippen molar-refractivity contribution in [2.75, 3.05) is 26.7 Å². The topological polar surface area (TPSA) is 133 Å². The molecule has 3 atom stereocenters. The summed E-state index contributed by atoms with van der Waals surface area (Å²) in [6.45, 7) is 3.28. The zero-order chi connectivity index (χ0) is 31.8. The Bertz CT molecular complexity index is 1570. The summed E-state index contributed by atoms with van der Waals surface area (Å²) in [6.07, 6.45) is 1.20. The number of nitrogens with one attached hydrogen (secondary N) is 4. The predicted octanol–water partition coefficient (Wildman–Crippen LogP) is 4.23. The van der Waals surface area contributed by atoms with E-state index in [1.54, 1.807) is 13.2 Å². The summed E-state index contributed by atoms with van der Waals surface area (Å²) in [6, 6.07) is 30.7. The van der Waals surface area contributed by atoms with E-state index < -0.39 is 12.1 Å². The van der Waals surface area contributed by atoms with Gasteiger partial charge in [0.2, 0.25) is 5.91 Å². The summed E-state index contributed by atoms with van der Waals surface area (Å²) in [4.78, 5) is 29.6. The molecule has 0 spiro atoms. The quantitative estimate of drug-likeness (QED) is 0.128. The predicted molar refractivity (Wildman–Crippen MR) is 179 cm³/mol. The van der Waals surface area contributed by atoms with E-state index in [4.69, 9.17) is 15.9 Å². The van der Waals surface area contributed by atoms with Gasteiger partial charge in [0.15, 0.2) is 5.96 Å². The number of benzene rings is 4. The van der Waals surface area contributed by atoms with E-state index >= 15 is 0 Å². The molecular formula is C36H42N6O3. The molecule has 1 saturated heterocycles. The minimum atomic E-state index is -0.647. The van der Waals surface area contributed by atoms with Crippen molar-refractivity contribution >= 4 is 28.5 Å². The highest BCUT2D eigenvalue weighted by molar-refractivity contribution is 6.03. The summed E-state index contributed by atoms with van der Waals surface area (Å²) >= 11 is 0. The standard InChI is InChI=1S/C36H42N6O3/c1-3-31(41-36(37)38)32-35(44)42(23-30(24-12-6-4-7-13-24)25-14-8-5-9-15-25)21-20-27(40-32)22-39-34(43)29-19-18-26-16-10-11-17-28(26)33(29)45-2/h4-19,27,30-32,40H,3,20-23H2,1-2H3,(H,39,43)(H4,37,38,41)/t27-,31?,32-/m0/s1. The molecule has 2 amide bonds. The van der Waals surface area contributed by atoms with E-state index in [0.29, 0.717) is 43.8 Å². The number of carbonyl (C=O) groups excluding carboxylic acids is 2. The number of amides is 2. The molecule has 0 aromatic heterocycles. The second-order valence-corrected chi connectivity index (χ2v) is 11.4. The van der Waals surface area contributed by atoms with Gasteiger partial charge in [0.1, 0.15) is 11.8 Å². The lowest BCUT2D eigenvalue weighted by Gasteiger charge is -2.33. The Labute approximate surface area is 264 Å². The maximum atomic E-state index is 14.2. The van der Waals surface area contributed by atoms with Gasteiger partial charge in [-0.1, -0.05) is 97.9 Å². The molecule has 0 bridgehead atoms. The summed E-state index contributed by atoms with van der Waals surface area (Å²) in [7, 11) is 1.57. The van der Waals surface area contributed by atoms with Crippen molar-refractivity contribution in [1.29, 1.82) is 5.41 Å². The van der Waals surface area contributed by atoms with Crippen LogP contribution in [0.2, 0.25) is 0 Å².